The Morgan fingerprint density at radius 2 is 2.21 bits per heavy atom. The Balaban J connectivity index is 3.20. The zero-order chi connectivity index (χ0) is 14.6. The highest BCUT2D eigenvalue weighted by atomic mass is 79.9. The molecule has 1 heterocycles. The molecular weight excluding hydrogens is 358 g/mol. The molecule has 0 aliphatic heterocycles. The van der Waals surface area contributed by atoms with Crippen LogP contribution in [0.4, 0.5) is 0 Å². The van der Waals surface area contributed by atoms with Gasteiger partial charge in [0.1, 0.15) is 10.0 Å². The first-order chi connectivity index (χ1) is 8.82. The number of hydrogen-bond acceptors (Lipinski definition) is 4. The normalized spacial score (nSPS) is 11.6. The van der Waals surface area contributed by atoms with Crippen LogP contribution < -0.4 is 5.32 Å². The summed E-state index contributed by atoms with van der Waals surface area (Å²) in [5, 5.41) is 2.25. The van der Waals surface area contributed by atoms with Crippen molar-refractivity contribution >= 4 is 43.5 Å². The molecule has 1 N–H and O–H groups in total. The summed E-state index contributed by atoms with van der Waals surface area (Å²) in [6.45, 7) is 1.52. The molecular formula is C10H13BrClN3O3S. The number of rotatable bonds is 5. The Bertz CT molecular complexity index is 579. The van der Waals surface area contributed by atoms with E-state index in [2.05, 4.69) is 26.2 Å². The predicted molar refractivity (Wildman–Crippen MR) is 75.4 cm³/mol. The number of nitrogens with zero attached hydrogens (tertiary/aromatic N) is 2. The SMILES string of the molecule is CCN(CC(=O)NC)S(=O)(=O)c1cc(Br)cnc1Cl. The summed E-state index contributed by atoms with van der Waals surface area (Å²) in [5.41, 5.74) is 0. The number of hydrogen-bond donors (Lipinski definition) is 1. The number of carbonyl (C=O) groups is 1. The van der Waals surface area contributed by atoms with Crippen LogP contribution in [0.5, 0.6) is 0 Å². The van der Waals surface area contributed by atoms with Crippen molar-refractivity contribution < 1.29 is 13.2 Å². The van der Waals surface area contributed by atoms with Gasteiger partial charge >= 0.3 is 0 Å². The summed E-state index contributed by atoms with van der Waals surface area (Å²) in [6.07, 6.45) is 1.40. The van der Waals surface area contributed by atoms with Crippen LogP contribution in [-0.4, -0.2) is 43.8 Å². The molecule has 0 spiro atoms. The molecule has 1 rings (SSSR count). The van der Waals surface area contributed by atoms with E-state index < -0.39 is 15.9 Å². The minimum Gasteiger partial charge on any atom is -0.358 e. The summed E-state index contributed by atoms with van der Waals surface area (Å²) in [5.74, 6) is -0.399. The predicted octanol–water partition coefficient (Wildman–Crippen LogP) is 1.25. The van der Waals surface area contributed by atoms with Crippen molar-refractivity contribution in [1.82, 2.24) is 14.6 Å². The minimum absolute atomic E-state index is 0.126. The van der Waals surface area contributed by atoms with E-state index in [9.17, 15) is 13.2 Å². The van der Waals surface area contributed by atoms with Crippen LogP contribution in [0.15, 0.2) is 21.6 Å². The molecule has 9 heteroatoms. The van der Waals surface area contributed by atoms with Crippen molar-refractivity contribution in [3.8, 4) is 0 Å². The lowest BCUT2D eigenvalue weighted by Crippen LogP contribution is -2.39. The third-order valence-electron chi connectivity index (χ3n) is 2.34. The number of aromatic nitrogens is 1. The molecule has 0 saturated carbocycles. The maximum absolute atomic E-state index is 12.4. The van der Waals surface area contributed by atoms with E-state index in [1.165, 1.54) is 19.3 Å². The van der Waals surface area contributed by atoms with E-state index >= 15 is 0 Å². The van der Waals surface area contributed by atoms with Crippen LogP contribution >= 0.6 is 27.5 Å². The zero-order valence-electron chi connectivity index (χ0n) is 10.4. The van der Waals surface area contributed by atoms with Crippen LogP contribution in [0.1, 0.15) is 6.92 Å². The molecule has 0 radical (unpaired) electrons. The molecule has 0 unspecified atom stereocenters. The van der Waals surface area contributed by atoms with E-state index in [4.69, 9.17) is 11.6 Å². The fourth-order valence-corrected chi connectivity index (χ4v) is 3.66. The number of sulfonamides is 1. The number of amides is 1. The van der Waals surface area contributed by atoms with Gasteiger partial charge in [0, 0.05) is 24.3 Å². The number of halogens is 2. The van der Waals surface area contributed by atoms with Crippen LogP contribution in [0.2, 0.25) is 5.15 Å². The Morgan fingerprint density at radius 3 is 2.74 bits per heavy atom. The standard InChI is InChI=1S/C10H13BrClN3O3S/c1-3-15(6-9(16)13-2)19(17,18)8-4-7(11)5-14-10(8)12/h4-5H,3,6H2,1-2H3,(H,13,16). The molecule has 0 aromatic carbocycles. The third kappa shape index (κ3) is 3.88. The number of nitrogens with one attached hydrogen (secondary N) is 1. The van der Waals surface area contributed by atoms with Crippen LogP contribution in [-0.2, 0) is 14.8 Å². The number of likely N-dealkylation sites (N-methyl/N-ethyl adjacent to an activating group) is 2. The van der Waals surface area contributed by atoms with Gasteiger partial charge in [-0.2, -0.15) is 4.31 Å². The first kappa shape index (κ1) is 16.4. The lowest BCUT2D eigenvalue weighted by molar-refractivity contribution is -0.120. The third-order valence-corrected chi connectivity index (χ3v) is 5.12. The quantitative estimate of drug-likeness (QED) is 0.791. The number of pyridine rings is 1. The topological polar surface area (TPSA) is 79.4 Å². The molecule has 19 heavy (non-hydrogen) atoms. The summed E-state index contributed by atoms with van der Waals surface area (Å²) in [7, 11) is -2.42. The lowest BCUT2D eigenvalue weighted by Gasteiger charge is -2.20. The van der Waals surface area contributed by atoms with E-state index in [1.807, 2.05) is 0 Å². The number of carbonyl (C=O) groups excluding carboxylic acids is 1. The molecule has 1 aromatic heterocycles. The Hall–Kier alpha value is -0.700. The highest BCUT2D eigenvalue weighted by molar-refractivity contribution is 9.10. The van der Waals surface area contributed by atoms with Crippen molar-refractivity contribution in [2.45, 2.75) is 11.8 Å². The first-order valence-corrected chi connectivity index (χ1v) is 7.95. The minimum atomic E-state index is -3.86. The molecule has 0 fully saturated rings. The first-order valence-electron chi connectivity index (χ1n) is 5.34. The summed E-state index contributed by atoms with van der Waals surface area (Å²) < 4.78 is 26.3. The van der Waals surface area contributed by atoms with Gasteiger partial charge in [0.15, 0.2) is 0 Å². The van der Waals surface area contributed by atoms with Gasteiger partial charge in [-0.3, -0.25) is 4.79 Å². The molecule has 0 atom stereocenters. The van der Waals surface area contributed by atoms with Crippen LogP contribution in [0.25, 0.3) is 0 Å². The molecule has 1 amide bonds. The second-order valence-corrected chi connectivity index (χ2v) is 6.73. The highest BCUT2D eigenvalue weighted by Crippen LogP contribution is 2.25. The maximum Gasteiger partial charge on any atom is 0.246 e. The molecule has 0 bridgehead atoms. The lowest BCUT2D eigenvalue weighted by atomic mass is 10.5. The molecule has 0 saturated heterocycles. The molecule has 0 aliphatic carbocycles. The molecule has 6 nitrogen and oxygen atoms in total. The van der Waals surface area contributed by atoms with E-state index in [0.29, 0.717) is 4.47 Å². The smallest absolute Gasteiger partial charge is 0.246 e. The Kier molecular flexibility index (Phi) is 5.72. The Morgan fingerprint density at radius 1 is 1.58 bits per heavy atom. The van der Waals surface area contributed by atoms with Crippen molar-refractivity contribution in [1.29, 1.82) is 0 Å². The van der Waals surface area contributed by atoms with E-state index in [1.54, 1.807) is 6.92 Å². The van der Waals surface area contributed by atoms with Gasteiger partial charge < -0.3 is 5.32 Å². The van der Waals surface area contributed by atoms with Crippen molar-refractivity contribution in [2.24, 2.45) is 0 Å². The summed E-state index contributed by atoms with van der Waals surface area (Å²) in [6, 6.07) is 1.36. The van der Waals surface area contributed by atoms with Gasteiger partial charge in [-0.1, -0.05) is 18.5 Å². The summed E-state index contributed by atoms with van der Waals surface area (Å²) in [4.78, 5) is 15.0. The van der Waals surface area contributed by atoms with E-state index in [0.717, 1.165) is 4.31 Å². The van der Waals surface area contributed by atoms with E-state index in [-0.39, 0.29) is 23.1 Å². The Labute approximate surface area is 125 Å². The van der Waals surface area contributed by atoms with Gasteiger partial charge in [-0.25, -0.2) is 13.4 Å². The second-order valence-electron chi connectivity index (χ2n) is 3.55. The highest BCUT2D eigenvalue weighted by Gasteiger charge is 2.28. The molecule has 1 aromatic rings. The van der Waals surface area contributed by atoms with Crippen molar-refractivity contribution in [2.75, 3.05) is 20.1 Å². The van der Waals surface area contributed by atoms with Gasteiger partial charge in [0.2, 0.25) is 15.9 Å². The molecule has 0 aliphatic rings. The average Bonchev–Trinajstić information content (AvgIpc) is 2.37. The van der Waals surface area contributed by atoms with Crippen molar-refractivity contribution in [3.05, 3.63) is 21.9 Å². The zero-order valence-corrected chi connectivity index (χ0v) is 13.5. The largest absolute Gasteiger partial charge is 0.358 e. The van der Waals surface area contributed by atoms with Crippen molar-refractivity contribution in [3.63, 3.8) is 0 Å². The van der Waals surface area contributed by atoms with Crippen LogP contribution in [0.3, 0.4) is 0 Å². The fourth-order valence-electron chi connectivity index (χ4n) is 1.33. The maximum atomic E-state index is 12.4. The monoisotopic (exact) mass is 369 g/mol. The fraction of sp³-hybridized carbons (Fsp3) is 0.400. The van der Waals surface area contributed by atoms with Gasteiger partial charge in [0.25, 0.3) is 0 Å². The second kappa shape index (κ2) is 6.65. The summed E-state index contributed by atoms with van der Waals surface area (Å²) >= 11 is 8.95. The molecule has 106 valence electrons. The van der Waals surface area contributed by atoms with Crippen LogP contribution in [0, 0.1) is 0 Å². The van der Waals surface area contributed by atoms with Gasteiger partial charge in [-0.05, 0) is 22.0 Å². The van der Waals surface area contributed by atoms with Gasteiger partial charge in [0.05, 0.1) is 6.54 Å². The average molecular weight is 371 g/mol. The van der Waals surface area contributed by atoms with Gasteiger partial charge in [-0.15, -0.1) is 0 Å².